The quantitative estimate of drug-likeness (QED) is 0.904. The van der Waals surface area contributed by atoms with Crippen molar-refractivity contribution in [2.45, 2.75) is 26.8 Å². The number of hydrogen-bond acceptors (Lipinski definition) is 4. The molecule has 0 aromatic carbocycles. The molecule has 0 unspecified atom stereocenters. The van der Waals surface area contributed by atoms with E-state index in [-0.39, 0.29) is 11.7 Å². The zero-order chi connectivity index (χ0) is 14.7. The predicted octanol–water partition coefficient (Wildman–Crippen LogP) is 1.34. The molecule has 0 bridgehead atoms. The van der Waals surface area contributed by atoms with Gasteiger partial charge in [0.1, 0.15) is 5.76 Å². The molecule has 1 aliphatic heterocycles. The third-order valence-electron chi connectivity index (χ3n) is 3.66. The standard InChI is InChI=1S/C14H20N2O4/c1-10-12(8-13(20-10)14(18)19)9-15-4-3-5-16(7-6-15)11(2)17/h8H,3-7,9H2,1-2H3,(H,18,19). The van der Waals surface area contributed by atoms with Gasteiger partial charge in [0.25, 0.3) is 0 Å². The molecule has 1 saturated heterocycles. The lowest BCUT2D eigenvalue weighted by Crippen LogP contribution is -2.33. The summed E-state index contributed by atoms with van der Waals surface area (Å²) in [6.45, 7) is 7.24. The van der Waals surface area contributed by atoms with E-state index in [0.29, 0.717) is 12.3 Å². The summed E-state index contributed by atoms with van der Waals surface area (Å²) in [5, 5.41) is 8.92. The van der Waals surface area contributed by atoms with E-state index >= 15 is 0 Å². The molecular weight excluding hydrogens is 260 g/mol. The fraction of sp³-hybridized carbons (Fsp3) is 0.571. The second kappa shape index (κ2) is 6.09. The number of nitrogens with zero attached hydrogens (tertiary/aromatic N) is 2. The molecule has 6 heteroatoms. The van der Waals surface area contributed by atoms with Crippen molar-refractivity contribution >= 4 is 11.9 Å². The predicted molar refractivity (Wildman–Crippen MR) is 72.6 cm³/mol. The molecule has 0 saturated carbocycles. The first kappa shape index (κ1) is 14.6. The maximum Gasteiger partial charge on any atom is 0.371 e. The second-order valence-corrected chi connectivity index (χ2v) is 5.13. The molecule has 0 spiro atoms. The van der Waals surface area contributed by atoms with E-state index in [9.17, 15) is 9.59 Å². The molecule has 1 aromatic rings. The van der Waals surface area contributed by atoms with Gasteiger partial charge in [0.05, 0.1) is 0 Å². The fourth-order valence-corrected chi connectivity index (χ4v) is 2.47. The van der Waals surface area contributed by atoms with Crippen molar-refractivity contribution in [2.24, 2.45) is 0 Å². The van der Waals surface area contributed by atoms with Crippen LogP contribution in [0.15, 0.2) is 10.5 Å². The summed E-state index contributed by atoms with van der Waals surface area (Å²) in [5.74, 6) is -0.301. The number of rotatable bonds is 3. The maximum atomic E-state index is 11.4. The van der Waals surface area contributed by atoms with Gasteiger partial charge in [0.15, 0.2) is 0 Å². The van der Waals surface area contributed by atoms with E-state index in [1.165, 1.54) is 0 Å². The van der Waals surface area contributed by atoms with Crippen molar-refractivity contribution in [2.75, 3.05) is 26.2 Å². The van der Waals surface area contributed by atoms with Crippen LogP contribution in [0, 0.1) is 6.92 Å². The first-order valence-electron chi connectivity index (χ1n) is 6.78. The van der Waals surface area contributed by atoms with E-state index in [4.69, 9.17) is 9.52 Å². The van der Waals surface area contributed by atoms with Crippen molar-refractivity contribution in [3.8, 4) is 0 Å². The lowest BCUT2D eigenvalue weighted by atomic mass is 10.2. The molecule has 1 aliphatic rings. The number of amides is 1. The normalized spacial score (nSPS) is 17.0. The molecule has 2 heterocycles. The van der Waals surface area contributed by atoms with E-state index in [1.54, 1.807) is 19.9 Å². The van der Waals surface area contributed by atoms with Crippen LogP contribution in [0.25, 0.3) is 0 Å². The van der Waals surface area contributed by atoms with Gasteiger partial charge in [-0.2, -0.15) is 0 Å². The molecule has 1 aromatic heterocycles. The second-order valence-electron chi connectivity index (χ2n) is 5.13. The monoisotopic (exact) mass is 280 g/mol. The number of carboxylic acids is 1. The molecule has 1 fully saturated rings. The lowest BCUT2D eigenvalue weighted by Gasteiger charge is -2.20. The third-order valence-corrected chi connectivity index (χ3v) is 3.66. The van der Waals surface area contributed by atoms with Crippen LogP contribution in [0.4, 0.5) is 0 Å². The summed E-state index contributed by atoms with van der Waals surface area (Å²) in [7, 11) is 0. The smallest absolute Gasteiger partial charge is 0.371 e. The Morgan fingerprint density at radius 1 is 1.30 bits per heavy atom. The van der Waals surface area contributed by atoms with Crippen LogP contribution < -0.4 is 0 Å². The van der Waals surface area contributed by atoms with Gasteiger partial charge < -0.3 is 14.4 Å². The van der Waals surface area contributed by atoms with Crippen LogP contribution in [0.5, 0.6) is 0 Å². The fourth-order valence-electron chi connectivity index (χ4n) is 2.47. The van der Waals surface area contributed by atoms with Crippen molar-refractivity contribution < 1.29 is 19.1 Å². The van der Waals surface area contributed by atoms with Crippen LogP contribution in [0.2, 0.25) is 0 Å². The van der Waals surface area contributed by atoms with Gasteiger partial charge in [-0.05, 0) is 19.4 Å². The first-order valence-corrected chi connectivity index (χ1v) is 6.78. The largest absolute Gasteiger partial charge is 0.475 e. The number of carbonyl (C=O) groups is 2. The highest BCUT2D eigenvalue weighted by molar-refractivity contribution is 5.84. The van der Waals surface area contributed by atoms with Crippen molar-refractivity contribution in [1.82, 2.24) is 9.80 Å². The Morgan fingerprint density at radius 2 is 2.05 bits per heavy atom. The lowest BCUT2D eigenvalue weighted by molar-refractivity contribution is -0.128. The van der Waals surface area contributed by atoms with Gasteiger partial charge in [0, 0.05) is 45.2 Å². The number of carboxylic acid groups (broad SMARTS) is 1. The number of aryl methyl sites for hydroxylation is 1. The Hall–Kier alpha value is -1.82. The van der Waals surface area contributed by atoms with Gasteiger partial charge in [-0.3, -0.25) is 9.69 Å². The van der Waals surface area contributed by atoms with Crippen molar-refractivity contribution in [3.05, 3.63) is 23.2 Å². The topological polar surface area (TPSA) is 74.0 Å². The van der Waals surface area contributed by atoms with Crippen LogP contribution in [-0.4, -0.2) is 53.0 Å². The summed E-state index contributed by atoms with van der Waals surface area (Å²) < 4.78 is 5.22. The van der Waals surface area contributed by atoms with Gasteiger partial charge in [-0.25, -0.2) is 4.79 Å². The van der Waals surface area contributed by atoms with Crippen LogP contribution in [0.3, 0.4) is 0 Å². The summed E-state index contributed by atoms with van der Waals surface area (Å²) in [6, 6.07) is 1.59. The molecule has 0 atom stereocenters. The molecule has 2 rings (SSSR count). The van der Waals surface area contributed by atoms with Gasteiger partial charge >= 0.3 is 5.97 Å². The minimum Gasteiger partial charge on any atom is -0.475 e. The molecular formula is C14H20N2O4. The average molecular weight is 280 g/mol. The minimum absolute atomic E-state index is 0.0160. The molecule has 6 nitrogen and oxygen atoms in total. The van der Waals surface area contributed by atoms with E-state index < -0.39 is 5.97 Å². The highest BCUT2D eigenvalue weighted by Gasteiger charge is 2.19. The molecule has 110 valence electrons. The number of furan rings is 1. The Kier molecular flexibility index (Phi) is 4.44. The van der Waals surface area contributed by atoms with Gasteiger partial charge in [0.2, 0.25) is 11.7 Å². The van der Waals surface area contributed by atoms with E-state index in [2.05, 4.69) is 4.90 Å². The molecule has 1 amide bonds. The van der Waals surface area contributed by atoms with Crippen molar-refractivity contribution in [3.63, 3.8) is 0 Å². The molecule has 0 radical (unpaired) electrons. The number of hydrogen-bond donors (Lipinski definition) is 1. The Morgan fingerprint density at radius 3 is 2.65 bits per heavy atom. The van der Waals surface area contributed by atoms with Gasteiger partial charge in [-0.1, -0.05) is 0 Å². The third kappa shape index (κ3) is 3.39. The molecule has 20 heavy (non-hydrogen) atoms. The average Bonchev–Trinajstić information content (AvgIpc) is 2.61. The Balaban J connectivity index is 2.00. The van der Waals surface area contributed by atoms with Crippen molar-refractivity contribution in [1.29, 1.82) is 0 Å². The Bertz CT molecular complexity index is 509. The summed E-state index contributed by atoms with van der Waals surface area (Å²) >= 11 is 0. The highest BCUT2D eigenvalue weighted by atomic mass is 16.4. The summed E-state index contributed by atoms with van der Waals surface area (Å²) in [4.78, 5) is 26.3. The minimum atomic E-state index is -1.04. The zero-order valence-electron chi connectivity index (χ0n) is 11.9. The SMILES string of the molecule is CC(=O)N1CCCN(Cc2cc(C(=O)O)oc2C)CC1. The number of carbonyl (C=O) groups excluding carboxylic acids is 1. The summed E-state index contributed by atoms with van der Waals surface area (Å²) in [5.41, 5.74) is 0.902. The molecule has 1 N–H and O–H groups in total. The Labute approximate surface area is 118 Å². The molecule has 0 aliphatic carbocycles. The van der Waals surface area contributed by atoms with E-state index in [1.807, 2.05) is 4.90 Å². The zero-order valence-corrected chi connectivity index (χ0v) is 11.9. The van der Waals surface area contributed by atoms with Crippen LogP contribution in [-0.2, 0) is 11.3 Å². The maximum absolute atomic E-state index is 11.4. The van der Waals surface area contributed by atoms with Crippen LogP contribution >= 0.6 is 0 Å². The van der Waals surface area contributed by atoms with Crippen LogP contribution in [0.1, 0.15) is 35.2 Å². The number of aromatic carboxylic acids is 1. The van der Waals surface area contributed by atoms with Gasteiger partial charge in [-0.15, -0.1) is 0 Å². The summed E-state index contributed by atoms with van der Waals surface area (Å²) in [6.07, 6.45) is 0.933. The van der Waals surface area contributed by atoms with E-state index in [0.717, 1.165) is 38.2 Å². The first-order chi connectivity index (χ1) is 9.47. The highest BCUT2D eigenvalue weighted by Crippen LogP contribution is 2.17.